The second-order valence-corrected chi connectivity index (χ2v) is 10.5. The molecule has 0 bridgehead atoms. The molecule has 2 heterocycles. The van der Waals surface area contributed by atoms with E-state index in [9.17, 15) is 9.90 Å². The van der Waals surface area contributed by atoms with Gasteiger partial charge in [-0.1, -0.05) is 18.2 Å². The number of phenolic OH excluding ortho intramolecular Hbond substituents is 1. The highest BCUT2D eigenvalue weighted by Gasteiger charge is 2.30. The van der Waals surface area contributed by atoms with Gasteiger partial charge in [0.25, 0.3) is 0 Å². The van der Waals surface area contributed by atoms with Crippen molar-refractivity contribution in [1.29, 1.82) is 0 Å². The van der Waals surface area contributed by atoms with Gasteiger partial charge in [0.2, 0.25) is 0 Å². The number of fused-ring (bicyclic) bond motifs is 1. The number of phenols is 1. The molecule has 182 valence electrons. The van der Waals surface area contributed by atoms with Crippen LogP contribution in [0.3, 0.4) is 0 Å². The monoisotopic (exact) mass is 546 g/mol. The maximum Gasteiger partial charge on any atom is 0.340 e. The summed E-state index contributed by atoms with van der Waals surface area (Å²) in [5.74, 6) is 0.439. The van der Waals surface area contributed by atoms with E-state index in [4.69, 9.17) is 9.47 Å². The molecule has 0 unspecified atom stereocenters. The number of halogens is 1. The predicted octanol–water partition coefficient (Wildman–Crippen LogP) is 5.99. The first kappa shape index (κ1) is 25.1. The Kier molecular flexibility index (Phi) is 8.24. The summed E-state index contributed by atoms with van der Waals surface area (Å²) in [6.07, 6.45) is 0. The van der Waals surface area contributed by atoms with E-state index in [0.29, 0.717) is 42.2 Å². The molecule has 1 aliphatic heterocycles. The van der Waals surface area contributed by atoms with E-state index in [0.717, 1.165) is 40.1 Å². The lowest BCUT2D eigenvalue weighted by molar-refractivity contribution is 0.0340. The van der Waals surface area contributed by atoms with E-state index >= 15 is 0 Å². The van der Waals surface area contributed by atoms with Crippen molar-refractivity contribution < 1.29 is 19.4 Å². The third kappa shape index (κ3) is 5.15. The molecule has 0 radical (unpaired) electrons. The molecule has 3 aromatic rings. The summed E-state index contributed by atoms with van der Waals surface area (Å²) in [7, 11) is 0. The topological polar surface area (TPSA) is 63.9 Å². The molecule has 1 aromatic heterocycles. The number of hydrogen-bond donors (Lipinski definition) is 1. The average Bonchev–Trinajstić information content (AvgIpc) is 3.16. The summed E-state index contributed by atoms with van der Waals surface area (Å²) < 4.78 is 13.9. The summed E-state index contributed by atoms with van der Waals surface area (Å²) in [4.78, 5) is 16.8. The number of aromatic hydroxyl groups is 1. The van der Waals surface area contributed by atoms with Crippen molar-refractivity contribution in [2.45, 2.75) is 44.0 Å². The number of ether oxygens (including phenoxy) is 2. The van der Waals surface area contributed by atoms with E-state index in [2.05, 4.69) is 51.4 Å². The zero-order chi connectivity index (χ0) is 24.2. The van der Waals surface area contributed by atoms with E-state index in [1.807, 2.05) is 31.2 Å². The van der Waals surface area contributed by atoms with Crippen LogP contribution in [-0.2, 0) is 21.8 Å². The molecular formula is C26H31BrN2O4S. The zero-order valence-electron chi connectivity index (χ0n) is 19.8. The van der Waals surface area contributed by atoms with Gasteiger partial charge in [0.15, 0.2) is 0 Å². The van der Waals surface area contributed by atoms with Crippen molar-refractivity contribution in [3.63, 3.8) is 0 Å². The van der Waals surface area contributed by atoms with Gasteiger partial charge < -0.3 is 19.1 Å². The number of aromatic nitrogens is 1. The Morgan fingerprint density at radius 2 is 1.94 bits per heavy atom. The van der Waals surface area contributed by atoms with Gasteiger partial charge in [-0.05, 0) is 54.9 Å². The number of hydrogen-bond acceptors (Lipinski definition) is 6. The molecule has 1 fully saturated rings. The summed E-state index contributed by atoms with van der Waals surface area (Å²) in [6, 6.07) is 12.2. The Hall–Kier alpha value is -2.00. The van der Waals surface area contributed by atoms with Crippen LogP contribution in [0.1, 0.15) is 48.4 Å². The minimum absolute atomic E-state index is 0.115. The highest BCUT2D eigenvalue weighted by Crippen LogP contribution is 2.42. The van der Waals surface area contributed by atoms with Crippen LogP contribution in [0.2, 0.25) is 0 Å². The largest absolute Gasteiger partial charge is 0.506 e. The smallest absolute Gasteiger partial charge is 0.340 e. The number of nitrogens with zero attached hydrogens (tertiary/aromatic N) is 2. The fourth-order valence-corrected chi connectivity index (χ4v) is 5.91. The third-order valence-corrected chi connectivity index (χ3v) is 7.65. The minimum atomic E-state index is -0.347. The van der Waals surface area contributed by atoms with Crippen LogP contribution < -0.4 is 0 Å². The summed E-state index contributed by atoms with van der Waals surface area (Å²) in [5.41, 5.74) is 3.15. The minimum Gasteiger partial charge on any atom is -0.506 e. The number of benzene rings is 2. The van der Waals surface area contributed by atoms with Gasteiger partial charge in [-0.2, -0.15) is 0 Å². The molecule has 8 heteroatoms. The van der Waals surface area contributed by atoms with Crippen LogP contribution in [0.15, 0.2) is 45.8 Å². The van der Waals surface area contributed by atoms with Crippen molar-refractivity contribution in [1.82, 2.24) is 9.47 Å². The van der Waals surface area contributed by atoms with E-state index in [1.165, 1.54) is 0 Å². The van der Waals surface area contributed by atoms with Gasteiger partial charge in [-0.3, -0.25) is 4.90 Å². The van der Waals surface area contributed by atoms with Crippen molar-refractivity contribution in [3.05, 3.63) is 57.7 Å². The Morgan fingerprint density at radius 1 is 1.24 bits per heavy atom. The predicted molar refractivity (Wildman–Crippen MR) is 140 cm³/mol. The lowest BCUT2D eigenvalue weighted by Crippen LogP contribution is -2.35. The molecule has 4 rings (SSSR count). The second kappa shape index (κ2) is 11.2. The number of carbonyl (C=O) groups is 1. The van der Waals surface area contributed by atoms with Gasteiger partial charge >= 0.3 is 5.97 Å². The van der Waals surface area contributed by atoms with Crippen LogP contribution >= 0.6 is 27.7 Å². The van der Waals surface area contributed by atoms with Crippen LogP contribution in [0.25, 0.3) is 10.9 Å². The molecule has 0 saturated carbocycles. The molecule has 34 heavy (non-hydrogen) atoms. The van der Waals surface area contributed by atoms with Crippen molar-refractivity contribution >= 4 is 44.6 Å². The second-order valence-electron chi connectivity index (χ2n) is 8.58. The summed E-state index contributed by atoms with van der Waals surface area (Å²) in [5, 5.41) is 11.9. The standard InChI is InChI=1S/C26H31BrN2O4S/c1-4-33-26(31)24-22(16-34-18-8-6-5-7-9-18)29(17(2)3)21-14-20(27)25(30)19(23(21)24)15-28-10-12-32-13-11-28/h5-9,14,17,30H,4,10-13,15-16H2,1-3H3. The van der Waals surface area contributed by atoms with Gasteiger partial charge in [-0.25, -0.2) is 4.79 Å². The quantitative estimate of drug-likeness (QED) is 0.276. The van der Waals surface area contributed by atoms with Crippen molar-refractivity contribution in [2.24, 2.45) is 0 Å². The fraction of sp³-hybridized carbons (Fsp3) is 0.423. The van der Waals surface area contributed by atoms with Crippen LogP contribution in [-0.4, -0.2) is 53.5 Å². The van der Waals surface area contributed by atoms with Gasteiger partial charge in [0, 0.05) is 53.0 Å². The Labute approximate surface area is 213 Å². The molecule has 1 saturated heterocycles. The van der Waals surface area contributed by atoms with Crippen LogP contribution in [0, 0.1) is 0 Å². The first-order valence-corrected chi connectivity index (χ1v) is 13.4. The maximum absolute atomic E-state index is 13.4. The Balaban J connectivity index is 1.92. The highest BCUT2D eigenvalue weighted by atomic mass is 79.9. The molecule has 0 amide bonds. The molecule has 0 atom stereocenters. The van der Waals surface area contributed by atoms with E-state index in [1.54, 1.807) is 11.8 Å². The molecule has 2 aromatic carbocycles. The SMILES string of the molecule is CCOC(=O)c1c(CSc2ccccc2)n(C(C)C)c2cc(Br)c(O)c(CN3CCOCC3)c12. The lowest BCUT2D eigenvalue weighted by atomic mass is 10.0. The van der Waals surface area contributed by atoms with Gasteiger partial charge in [-0.15, -0.1) is 11.8 Å². The van der Waals surface area contributed by atoms with Crippen LogP contribution in [0.5, 0.6) is 5.75 Å². The number of morpholine rings is 1. The summed E-state index contributed by atoms with van der Waals surface area (Å²) >= 11 is 5.25. The highest BCUT2D eigenvalue weighted by molar-refractivity contribution is 9.10. The average molecular weight is 548 g/mol. The van der Waals surface area contributed by atoms with Crippen molar-refractivity contribution in [2.75, 3.05) is 32.9 Å². The number of carbonyl (C=O) groups excluding carboxylic acids is 1. The van der Waals surface area contributed by atoms with Gasteiger partial charge in [0.05, 0.1) is 35.4 Å². The lowest BCUT2D eigenvalue weighted by Gasteiger charge is -2.27. The molecule has 0 spiro atoms. The maximum atomic E-state index is 13.4. The Bertz CT molecular complexity index is 1160. The normalized spacial score (nSPS) is 14.7. The van der Waals surface area contributed by atoms with Crippen LogP contribution in [0.4, 0.5) is 0 Å². The molecule has 1 N–H and O–H groups in total. The first-order chi connectivity index (χ1) is 16.4. The number of esters is 1. The van der Waals surface area contributed by atoms with E-state index in [-0.39, 0.29) is 17.8 Å². The number of rotatable bonds is 8. The van der Waals surface area contributed by atoms with Crippen molar-refractivity contribution in [3.8, 4) is 5.75 Å². The molecule has 1 aliphatic rings. The molecule has 6 nitrogen and oxygen atoms in total. The Morgan fingerprint density at radius 3 is 2.59 bits per heavy atom. The summed E-state index contributed by atoms with van der Waals surface area (Å²) in [6.45, 7) is 9.77. The third-order valence-electron chi connectivity index (χ3n) is 6.02. The molecule has 0 aliphatic carbocycles. The first-order valence-electron chi connectivity index (χ1n) is 11.6. The van der Waals surface area contributed by atoms with E-state index < -0.39 is 0 Å². The zero-order valence-corrected chi connectivity index (χ0v) is 22.2. The van der Waals surface area contributed by atoms with Gasteiger partial charge in [0.1, 0.15) is 5.75 Å². The fourth-order valence-electron chi connectivity index (χ4n) is 4.52. The number of thioether (sulfide) groups is 1. The molecular weight excluding hydrogens is 516 g/mol.